The molecule has 1 spiro atoms. The fourth-order valence-electron chi connectivity index (χ4n) is 4.98. The van der Waals surface area contributed by atoms with Crippen LogP contribution in [0.1, 0.15) is 52.4 Å². The lowest BCUT2D eigenvalue weighted by atomic mass is 9.62. The van der Waals surface area contributed by atoms with Crippen LogP contribution in [-0.2, 0) is 28.6 Å². The van der Waals surface area contributed by atoms with Crippen LogP contribution in [0.25, 0.3) is 0 Å². The van der Waals surface area contributed by atoms with Crippen LogP contribution in [0.15, 0.2) is 0 Å². The van der Waals surface area contributed by atoms with Crippen LogP contribution >= 0.6 is 0 Å². The Morgan fingerprint density at radius 1 is 1.13 bits per heavy atom. The molecule has 6 heteroatoms. The van der Waals surface area contributed by atoms with Gasteiger partial charge in [-0.2, -0.15) is 0 Å². The molecule has 2 saturated carbocycles. The van der Waals surface area contributed by atoms with Gasteiger partial charge in [0.15, 0.2) is 5.92 Å². The molecular formula is C17H24O6. The Kier molecular flexibility index (Phi) is 4.10. The topological polar surface area (TPSA) is 78.9 Å². The Morgan fingerprint density at radius 2 is 1.83 bits per heavy atom. The maximum Gasteiger partial charge on any atom is 0.321 e. The molecule has 3 rings (SSSR count). The second-order valence-electron chi connectivity index (χ2n) is 6.70. The first-order valence-corrected chi connectivity index (χ1v) is 8.59. The summed E-state index contributed by atoms with van der Waals surface area (Å²) in [4.78, 5) is 37.3. The van der Waals surface area contributed by atoms with Gasteiger partial charge in [-0.05, 0) is 46.0 Å². The smallest absolute Gasteiger partial charge is 0.321 e. The van der Waals surface area contributed by atoms with E-state index in [9.17, 15) is 14.4 Å². The SMILES string of the molecule is CCOC(=O)[C@H]1C(=O)O[C@]23CCCC[C@@]2(C(=O)OCC)CC[C@H]13. The molecule has 0 aromatic carbocycles. The van der Waals surface area contributed by atoms with E-state index in [1.807, 2.05) is 0 Å². The van der Waals surface area contributed by atoms with Gasteiger partial charge >= 0.3 is 17.9 Å². The Hall–Kier alpha value is -1.59. The van der Waals surface area contributed by atoms with Gasteiger partial charge in [0, 0.05) is 5.92 Å². The highest BCUT2D eigenvalue weighted by Gasteiger charge is 2.74. The summed E-state index contributed by atoms with van der Waals surface area (Å²) in [7, 11) is 0. The molecule has 1 aliphatic heterocycles. The fourth-order valence-corrected chi connectivity index (χ4v) is 4.98. The van der Waals surface area contributed by atoms with E-state index in [1.54, 1.807) is 13.8 Å². The van der Waals surface area contributed by atoms with Gasteiger partial charge in [-0.15, -0.1) is 0 Å². The minimum Gasteiger partial charge on any atom is -0.465 e. The van der Waals surface area contributed by atoms with Crippen LogP contribution < -0.4 is 0 Å². The highest BCUT2D eigenvalue weighted by Crippen LogP contribution is 2.65. The highest BCUT2D eigenvalue weighted by atomic mass is 16.6. The van der Waals surface area contributed by atoms with E-state index in [4.69, 9.17) is 14.2 Å². The van der Waals surface area contributed by atoms with E-state index in [0.717, 1.165) is 12.8 Å². The largest absolute Gasteiger partial charge is 0.465 e. The Labute approximate surface area is 135 Å². The lowest BCUT2D eigenvalue weighted by Gasteiger charge is -2.45. The zero-order valence-electron chi connectivity index (χ0n) is 13.8. The fraction of sp³-hybridized carbons (Fsp3) is 0.824. The summed E-state index contributed by atoms with van der Waals surface area (Å²) in [5, 5.41) is 0. The first-order chi connectivity index (χ1) is 11.0. The molecule has 0 aromatic rings. The Balaban J connectivity index is 1.98. The molecule has 23 heavy (non-hydrogen) atoms. The van der Waals surface area contributed by atoms with Crippen LogP contribution in [-0.4, -0.2) is 36.7 Å². The number of carbonyl (C=O) groups is 3. The Morgan fingerprint density at radius 3 is 2.52 bits per heavy atom. The molecule has 0 bridgehead atoms. The minimum absolute atomic E-state index is 0.228. The number of ether oxygens (including phenoxy) is 3. The van der Waals surface area contributed by atoms with Crippen LogP contribution in [0.4, 0.5) is 0 Å². The number of hydrogen-bond acceptors (Lipinski definition) is 6. The zero-order chi connectivity index (χ0) is 16.7. The molecule has 3 aliphatic rings. The van der Waals surface area contributed by atoms with Crippen molar-refractivity contribution in [1.29, 1.82) is 0 Å². The summed E-state index contributed by atoms with van der Waals surface area (Å²) in [5.41, 5.74) is -1.67. The molecule has 0 unspecified atom stereocenters. The second-order valence-corrected chi connectivity index (χ2v) is 6.70. The summed E-state index contributed by atoms with van der Waals surface area (Å²) >= 11 is 0. The molecule has 2 aliphatic carbocycles. The molecule has 128 valence electrons. The highest BCUT2D eigenvalue weighted by molar-refractivity contribution is 5.98. The molecular weight excluding hydrogens is 300 g/mol. The van der Waals surface area contributed by atoms with E-state index in [1.165, 1.54) is 0 Å². The van der Waals surface area contributed by atoms with Gasteiger partial charge in [-0.1, -0.05) is 6.42 Å². The lowest BCUT2D eigenvalue weighted by Crippen LogP contribution is -2.55. The molecule has 1 saturated heterocycles. The van der Waals surface area contributed by atoms with Crippen molar-refractivity contribution < 1.29 is 28.6 Å². The van der Waals surface area contributed by atoms with Gasteiger partial charge in [0.2, 0.25) is 0 Å². The number of hydrogen-bond donors (Lipinski definition) is 0. The minimum atomic E-state index is -0.899. The van der Waals surface area contributed by atoms with Crippen molar-refractivity contribution >= 4 is 17.9 Å². The zero-order valence-corrected chi connectivity index (χ0v) is 13.8. The van der Waals surface area contributed by atoms with Crippen molar-refractivity contribution in [2.24, 2.45) is 17.3 Å². The standard InChI is InChI=1S/C17H24O6/c1-3-21-13(18)12-11-7-10-16(15(20)22-4-2)8-5-6-9-17(11,16)23-14(12)19/h11-12H,3-10H2,1-2H3/t11-,12+,16+,17+/m1/s1. The van der Waals surface area contributed by atoms with E-state index >= 15 is 0 Å². The van der Waals surface area contributed by atoms with E-state index in [-0.39, 0.29) is 18.5 Å². The van der Waals surface area contributed by atoms with Crippen molar-refractivity contribution in [3.63, 3.8) is 0 Å². The summed E-state index contributed by atoms with van der Waals surface area (Å²) < 4.78 is 16.2. The van der Waals surface area contributed by atoms with Crippen molar-refractivity contribution in [1.82, 2.24) is 0 Å². The quantitative estimate of drug-likeness (QED) is 0.447. The first kappa shape index (κ1) is 16.3. The van der Waals surface area contributed by atoms with E-state index in [2.05, 4.69) is 0 Å². The van der Waals surface area contributed by atoms with Crippen molar-refractivity contribution in [3.8, 4) is 0 Å². The Bertz CT molecular complexity index is 529. The van der Waals surface area contributed by atoms with Crippen LogP contribution in [0.5, 0.6) is 0 Å². The van der Waals surface area contributed by atoms with Crippen molar-refractivity contribution in [2.45, 2.75) is 58.0 Å². The van der Waals surface area contributed by atoms with Gasteiger partial charge < -0.3 is 14.2 Å². The first-order valence-electron chi connectivity index (χ1n) is 8.59. The maximum atomic E-state index is 12.7. The summed E-state index contributed by atoms with van der Waals surface area (Å²) in [6.07, 6.45) is 4.31. The molecule has 0 radical (unpaired) electrons. The van der Waals surface area contributed by atoms with Gasteiger partial charge in [0.05, 0.1) is 13.2 Å². The molecule has 1 heterocycles. The third kappa shape index (κ3) is 2.10. The van der Waals surface area contributed by atoms with Gasteiger partial charge in [0.1, 0.15) is 11.0 Å². The molecule has 6 nitrogen and oxygen atoms in total. The summed E-state index contributed by atoms with van der Waals surface area (Å²) in [6, 6.07) is 0. The van der Waals surface area contributed by atoms with Crippen LogP contribution in [0, 0.1) is 17.3 Å². The molecule has 4 atom stereocenters. The average molecular weight is 324 g/mol. The third-order valence-electron chi connectivity index (χ3n) is 5.84. The number of esters is 3. The number of rotatable bonds is 4. The lowest BCUT2D eigenvalue weighted by molar-refractivity contribution is -0.188. The summed E-state index contributed by atoms with van der Waals surface area (Å²) in [5.74, 6) is -2.52. The molecule has 3 fully saturated rings. The average Bonchev–Trinajstić information content (AvgIpc) is 2.97. The van der Waals surface area contributed by atoms with Crippen molar-refractivity contribution in [3.05, 3.63) is 0 Å². The van der Waals surface area contributed by atoms with Crippen molar-refractivity contribution in [2.75, 3.05) is 13.2 Å². The predicted molar refractivity (Wildman–Crippen MR) is 79.2 cm³/mol. The van der Waals surface area contributed by atoms with Crippen LogP contribution in [0.2, 0.25) is 0 Å². The second kappa shape index (κ2) is 5.80. The van der Waals surface area contributed by atoms with Crippen LogP contribution in [0.3, 0.4) is 0 Å². The molecule has 0 amide bonds. The third-order valence-corrected chi connectivity index (χ3v) is 5.84. The molecule has 0 N–H and O–H groups in total. The maximum absolute atomic E-state index is 12.7. The van der Waals surface area contributed by atoms with Gasteiger partial charge in [-0.25, -0.2) is 0 Å². The normalized spacial score (nSPS) is 38.4. The predicted octanol–water partition coefficient (Wildman–Crippen LogP) is 1.99. The monoisotopic (exact) mass is 324 g/mol. The van der Waals surface area contributed by atoms with Gasteiger partial charge in [0.25, 0.3) is 0 Å². The summed E-state index contributed by atoms with van der Waals surface area (Å²) in [6.45, 7) is 4.02. The van der Waals surface area contributed by atoms with E-state index in [0.29, 0.717) is 32.3 Å². The molecule has 0 aromatic heterocycles. The number of carbonyl (C=O) groups excluding carboxylic acids is 3. The van der Waals surface area contributed by atoms with Gasteiger partial charge in [-0.3, -0.25) is 14.4 Å². The van der Waals surface area contributed by atoms with E-state index < -0.39 is 28.9 Å².